The molecule has 21 heavy (non-hydrogen) atoms. The number of hydrogen-bond donors (Lipinski definition) is 0. The van der Waals surface area contributed by atoms with E-state index in [1.165, 1.54) is 31.0 Å². The van der Waals surface area contributed by atoms with Crippen LogP contribution in [0.3, 0.4) is 0 Å². The number of rotatable bonds is 3. The van der Waals surface area contributed by atoms with Gasteiger partial charge in [-0.05, 0) is 55.6 Å². The third-order valence-corrected chi connectivity index (χ3v) is 4.50. The lowest BCUT2D eigenvalue weighted by Crippen LogP contribution is -2.31. The Morgan fingerprint density at radius 3 is 2.57 bits per heavy atom. The molecule has 2 aromatic rings. The van der Waals surface area contributed by atoms with Gasteiger partial charge in [-0.2, -0.15) is 20.1 Å². The lowest BCUT2D eigenvalue weighted by molar-refractivity contribution is 0.564. The largest absolute Gasteiger partial charge is 0.341 e. The summed E-state index contributed by atoms with van der Waals surface area (Å²) in [5.74, 6) is 0.677. The maximum atomic E-state index is 6.06. The SMILES string of the molecule is Cc1cc(Sc2nc(Cl)nc(N3CCCCC3)n2)n(C)n1. The third kappa shape index (κ3) is 3.47. The van der Waals surface area contributed by atoms with Crippen molar-refractivity contribution >= 4 is 29.3 Å². The van der Waals surface area contributed by atoms with Crippen molar-refractivity contribution in [1.29, 1.82) is 0 Å². The Morgan fingerprint density at radius 1 is 1.14 bits per heavy atom. The number of aromatic nitrogens is 5. The Balaban J connectivity index is 1.85. The quantitative estimate of drug-likeness (QED) is 0.865. The van der Waals surface area contributed by atoms with Crippen molar-refractivity contribution in [3.05, 3.63) is 17.0 Å². The van der Waals surface area contributed by atoms with Crippen LogP contribution in [0.1, 0.15) is 25.0 Å². The Kier molecular flexibility index (Phi) is 4.30. The van der Waals surface area contributed by atoms with Crippen molar-refractivity contribution in [2.24, 2.45) is 7.05 Å². The van der Waals surface area contributed by atoms with Crippen LogP contribution < -0.4 is 4.90 Å². The minimum atomic E-state index is 0.243. The predicted octanol–water partition coefficient (Wildman–Crippen LogP) is 2.71. The molecule has 1 aliphatic rings. The predicted molar refractivity (Wildman–Crippen MR) is 83.0 cm³/mol. The van der Waals surface area contributed by atoms with E-state index in [-0.39, 0.29) is 5.28 Å². The van der Waals surface area contributed by atoms with Gasteiger partial charge in [0.25, 0.3) is 0 Å². The van der Waals surface area contributed by atoms with Gasteiger partial charge in [-0.25, -0.2) is 0 Å². The highest BCUT2D eigenvalue weighted by Crippen LogP contribution is 2.27. The molecule has 0 aliphatic carbocycles. The molecule has 0 aromatic carbocycles. The molecule has 0 bridgehead atoms. The molecule has 0 saturated carbocycles. The summed E-state index contributed by atoms with van der Waals surface area (Å²) in [7, 11) is 1.91. The Bertz CT molecular complexity index is 638. The Hall–Kier alpha value is -1.34. The van der Waals surface area contributed by atoms with Gasteiger partial charge in [0.1, 0.15) is 5.03 Å². The van der Waals surface area contributed by atoms with Crippen LogP contribution in [0.5, 0.6) is 0 Å². The second-order valence-electron chi connectivity index (χ2n) is 5.08. The molecular formula is C13H17ClN6S. The van der Waals surface area contributed by atoms with Crippen molar-refractivity contribution in [2.45, 2.75) is 36.4 Å². The average Bonchev–Trinajstić information content (AvgIpc) is 2.77. The molecule has 1 saturated heterocycles. The number of aryl methyl sites for hydroxylation is 2. The van der Waals surface area contributed by atoms with Crippen molar-refractivity contribution < 1.29 is 0 Å². The van der Waals surface area contributed by atoms with E-state index >= 15 is 0 Å². The molecule has 0 spiro atoms. The molecule has 2 aromatic heterocycles. The average molecular weight is 325 g/mol. The van der Waals surface area contributed by atoms with E-state index in [0.29, 0.717) is 11.1 Å². The number of hydrogen-bond acceptors (Lipinski definition) is 6. The molecule has 112 valence electrons. The van der Waals surface area contributed by atoms with Crippen molar-refractivity contribution in [1.82, 2.24) is 24.7 Å². The summed E-state index contributed by atoms with van der Waals surface area (Å²) < 4.78 is 1.82. The van der Waals surface area contributed by atoms with Crippen LogP contribution in [0.15, 0.2) is 16.2 Å². The first-order valence-electron chi connectivity index (χ1n) is 6.97. The lowest BCUT2D eigenvalue weighted by atomic mass is 10.1. The standard InChI is InChI=1S/C13H17ClN6S/c1-9-8-10(19(2)18-9)21-13-16-11(14)15-12(17-13)20-6-4-3-5-7-20/h8H,3-7H2,1-2H3. The lowest BCUT2D eigenvalue weighted by Gasteiger charge is -2.26. The molecular weight excluding hydrogens is 308 g/mol. The van der Waals surface area contributed by atoms with E-state index in [4.69, 9.17) is 11.6 Å². The monoisotopic (exact) mass is 324 g/mol. The summed E-state index contributed by atoms with van der Waals surface area (Å²) in [6.07, 6.45) is 3.62. The summed E-state index contributed by atoms with van der Waals surface area (Å²) in [5.41, 5.74) is 0.969. The Morgan fingerprint density at radius 2 is 1.90 bits per heavy atom. The van der Waals surface area contributed by atoms with Crippen molar-refractivity contribution in [3.63, 3.8) is 0 Å². The van der Waals surface area contributed by atoms with Gasteiger partial charge in [0.05, 0.1) is 5.69 Å². The summed E-state index contributed by atoms with van der Waals surface area (Å²) in [4.78, 5) is 15.2. The maximum absolute atomic E-state index is 6.06. The van der Waals surface area contributed by atoms with Crippen LogP contribution in [-0.2, 0) is 7.05 Å². The van der Waals surface area contributed by atoms with E-state index in [1.54, 1.807) is 0 Å². The zero-order chi connectivity index (χ0) is 14.8. The van der Waals surface area contributed by atoms with Crippen LogP contribution in [0.2, 0.25) is 5.28 Å². The zero-order valence-corrected chi connectivity index (χ0v) is 13.7. The second kappa shape index (κ2) is 6.19. The molecule has 1 fully saturated rings. The van der Waals surface area contributed by atoms with E-state index < -0.39 is 0 Å². The molecule has 0 atom stereocenters. The van der Waals surface area contributed by atoms with Crippen LogP contribution in [0.4, 0.5) is 5.95 Å². The Labute approximate surface area is 132 Å². The van der Waals surface area contributed by atoms with Crippen LogP contribution in [-0.4, -0.2) is 37.8 Å². The first-order chi connectivity index (χ1) is 10.1. The number of anilines is 1. The molecule has 1 aliphatic heterocycles. The van der Waals surface area contributed by atoms with E-state index in [9.17, 15) is 0 Å². The fourth-order valence-corrected chi connectivity index (χ4v) is 3.43. The normalized spacial score (nSPS) is 15.5. The van der Waals surface area contributed by atoms with Crippen LogP contribution in [0, 0.1) is 6.92 Å². The van der Waals surface area contributed by atoms with Crippen LogP contribution >= 0.6 is 23.4 Å². The van der Waals surface area contributed by atoms with Gasteiger partial charge in [-0.3, -0.25) is 4.68 Å². The minimum Gasteiger partial charge on any atom is -0.341 e. The number of nitrogens with zero attached hydrogens (tertiary/aromatic N) is 6. The van der Waals surface area contributed by atoms with Gasteiger partial charge in [0, 0.05) is 20.1 Å². The molecule has 0 unspecified atom stereocenters. The molecule has 3 rings (SSSR count). The van der Waals surface area contributed by atoms with Gasteiger partial charge >= 0.3 is 0 Å². The topological polar surface area (TPSA) is 59.7 Å². The number of piperidine rings is 1. The van der Waals surface area contributed by atoms with Gasteiger partial charge in [-0.15, -0.1) is 0 Å². The summed E-state index contributed by atoms with van der Waals surface area (Å²) in [6.45, 7) is 3.92. The molecule has 0 radical (unpaired) electrons. The highest BCUT2D eigenvalue weighted by molar-refractivity contribution is 7.99. The summed E-state index contributed by atoms with van der Waals surface area (Å²) in [6, 6.07) is 2.00. The molecule has 0 N–H and O–H groups in total. The van der Waals surface area contributed by atoms with Gasteiger partial charge in [0.15, 0.2) is 5.16 Å². The first kappa shape index (κ1) is 14.6. The smallest absolute Gasteiger partial charge is 0.230 e. The first-order valence-corrected chi connectivity index (χ1v) is 8.16. The molecule has 8 heteroatoms. The van der Waals surface area contributed by atoms with E-state index in [0.717, 1.165) is 23.8 Å². The van der Waals surface area contributed by atoms with Crippen LogP contribution in [0.25, 0.3) is 0 Å². The summed E-state index contributed by atoms with van der Waals surface area (Å²) >= 11 is 7.51. The highest BCUT2D eigenvalue weighted by Gasteiger charge is 2.17. The maximum Gasteiger partial charge on any atom is 0.230 e. The highest BCUT2D eigenvalue weighted by atomic mass is 35.5. The molecule has 3 heterocycles. The van der Waals surface area contributed by atoms with Gasteiger partial charge in [0.2, 0.25) is 11.2 Å². The third-order valence-electron chi connectivity index (χ3n) is 3.37. The second-order valence-corrected chi connectivity index (χ2v) is 6.41. The van der Waals surface area contributed by atoms with Crippen molar-refractivity contribution in [2.75, 3.05) is 18.0 Å². The molecule has 6 nitrogen and oxygen atoms in total. The summed E-state index contributed by atoms with van der Waals surface area (Å²) in [5, 5.41) is 6.16. The fourth-order valence-electron chi connectivity index (χ4n) is 2.38. The minimum absolute atomic E-state index is 0.243. The number of halogens is 1. The van der Waals surface area contributed by atoms with Crippen molar-refractivity contribution in [3.8, 4) is 0 Å². The van der Waals surface area contributed by atoms with Gasteiger partial charge < -0.3 is 4.90 Å². The fraction of sp³-hybridized carbons (Fsp3) is 0.538. The zero-order valence-electron chi connectivity index (χ0n) is 12.1. The van der Waals surface area contributed by atoms with E-state index in [1.807, 2.05) is 24.7 Å². The molecule has 0 amide bonds. The van der Waals surface area contributed by atoms with Gasteiger partial charge in [-0.1, -0.05) is 0 Å². The van der Waals surface area contributed by atoms with E-state index in [2.05, 4.69) is 25.0 Å².